The lowest BCUT2D eigenvalue weighted by molar-refractivity contribution is 0.0746. The zero-order valence-electron chi connectivity index (χ0n) is 17.3. The maximum atomic E-state index is 12.6. The molecule has 3 aromatic rings. The van der Waals surface area contributed by atoms with Gasteiger partial charge in [-0.3, -0.25) is 9.59 Å². The number of carbonyl (C=O) groups excluding carboxylic acids is 2. The van der Waals surface area contributed by atoms with Crippen LogP contribution in [0.5, 0.6) is 0 Å². The predicted molar refractivity (Wildman–Crippen MR) is 125 cm³/mol. The number of hydrogen-bond donors (Lipinski definition) is 1. The second-order valence-electron chi connectivity index (χ2n) is 7.61. The fourth-order valence-electron chi connectivity index (χ4n) is 3.62. The van der Waals surface area contributed by atoms with E-state index < -0.39 is 0 Å². The number of amides is 2. The summed E-state index contributed by atoms with van der Waals surface area (Å²) < 4.78 is 0. The third-order valence-corrected chi connectivity index (χ3v) is 5.92. The molecule has 1 aliphatic rings. The van der Waals surface area contributed by atoms with E-state index in [1.54, 1.807) is 12.1 Å². The SMILES string of the molecule is Cc1ccc(C(=O)Nc2ccc(N3CCN(C(=O)c4ccccc4)CC3)cc2)cc1Cl. The lowest BCUT2D eigenvalue weighted by atomic mass is 10.1. The standard InChI is InChI=1S/C25H24ClN3O2/c1-18-7-8-20(17-23(18)26)24(30)27-21-9-11-22(12-10-21)28-13-15-29(16-14-28)25(31)19-5-3-2-4-6-19/h2-12,17H,13-16H2,1H3,(H,27,30). The summed E-state index contributed by atoms with van der Waals surface area (Å²) in [7, 11) is 0. The molecule has 31 heavy (non-hydrogen) atoms. The van der Waals surface area contributed by atoms with Crippen molar-refractivity contribution in [3.05, 3.63) is 94.5 Å². The topological polar surface area (TPSA) is 52.7 Å². The van der Waals surface area contributed by atoms with Crippen LogP contribution in [0.3, 0.4) is 0 Å². The number of halogens is 1. The van der Waals surface area contributed by atoms with Crippen molar-refractivity contribution in [3.8, 4) is 0 Å². The van der Waals surface area contributed by atoms with Crippen LogP contribution in [0, 0.1) is 6.92 Å². The predicted octanol–water partition coefficient (Wildman–Crippen LogP) is 4.86. The molecule has 1 saturated heterocycles. The van der Waals surface area contributed by atoms with Gasteiger partial charge in [-0.2, -0.15) is 0 Å². The molecule has 2 amide bonds. The van der Waals surface area contributed by atoms with Gasteiger partial charge in [-0.25, -0.2) is 0 Å². The first-order valence-electron chi connectivity index (χ1n) is 10.3. The first kappa shape index (κ1) is 20.9. The number of carbonyl (C=O) groups is 2. The molecule has 0 saturated carbocycles. The van der Waals surface area contributed by atoms with E-state index in [9.17, 15) is 9.59 Å². The number of benzene rings is 3. The van der Waals surface area contributed by atoms with Crippen molar-refractivity contribution >= 4 is 34.8 Å². The normalized spacial score (nSPS) is 13.7. The quantitative estimate of drug-likeness (QED) is 0.639. The average Bonchev–Trinajstić information content (AvgIpc) is 2.81. The van der Waals surface area contributed by atoms with Crippen LogP contribution in [0.1, 0.15) is 26.3 Å². The van der Waals surface area contributed by atoms with Gasteiger partial charge in [0.25, 0.3) is 11.8 Å². The minimum atomic E-state index is -0.192. The van der Waals surface area contributed by atoms with E-state index in [-0.39, 0.29) is 11.8 Å². The summed E-state index contributed by atoms with van der Waals surface area (Å²) in [6.45, 7) is 4.80. The Balaban J connectivity index is 1.34. The van der Waals surface area contributed by atoms with E-state index >= 15 is 0 Å². The van der Waals surface area contributed by atoms with E-state index in [1.807, 2.05) is 72.5 Å². The summed E-state index contributed by atoms with van der Waals surface area (Å²) in [5.41, 5.74) is 3.99. The third kappa shape index (κ3) is 4.89. The van der Waals surface area contributed by atoms with Crippen molar-refractivity contribution in [2.24, 2.45) is 0 Å². The summed E-state index contributed by atoms with van der Waals surface area (Å²) in [6, 6.07) is 22.4. The molecule has 3 aromatic carbocycles. The number of nitrogens with one attached hydrogen (secondary N) is 1. The van der Waals surface area contributed by atoms with Crippen LogP contribution in [0.4, 0.5) is 11.4 Å². The van der Waals surface area contributed by atoms with Crippen LogP contribution in [0.25, 0.3) is 0 Å². The Morgan fingerprint density at radius 2 is 1.52 bits per heavy atom. The van der Waals surface area contributed by atoms with Crippen LogP contribution >= 0.6 is 11.6 Å². The highest BCUT2D eigenvalue weighted by molar-refractivity contribution is 6.31. The number of nitrogens with zero attached hydrogens (tertiary/aromatic N) is 2. The van der Waals surface area contributed by atoms with Crippen molar-refractivity contribution < 1.29 is 9.59 Å². The first-order chi connectivity index (χ1) is 15.0. The van der Waals surface area contributed by atoms with Crippen molar-refractivity contribution in [1.82, 2.24) is 4.90 Å². The molecule has 158 valence electrons. The van der Waals surface area contributed by atoms with E-state index in [1.165, 1.54) is 0 Å². The van der Waals surface area contributed by atoms with Gasteiger partial charge < -0.3 is 15.1 Å². The lowest BCUT2D eigenvalue weighted by Gasteiger charge is -2.36. The fourth-order valence-corrected chi connectivity index (χ4v) is 3.80. The molecule has 0 unspecified atom stereocenters. The van der Waals surface area contributed by atoms with Crippen molar-refractivity contribution in [3.63, 3.8) is 0 Å². The van der Waals surface area contributed by atoms with Gasteiger partial charge in [0.1, 0.15) is 0 Å². The van der Waals surface area contributed by atoms with Crippen LogP contribution < -0.4 is 10.2 Å². The summed E-state index contributed by atoms with van der Waals surface area (Å²) in [4.78, 5) is 29.2. The number of aryl methyl sites for hydroxylation is 1. The Labute approximate surface area is 187 Å². The van der Waals surface area contributed by atoms with Crippen LogP contribution in [-0.2, 0) is 0 Å². The van der Waals surface area contributed by atoms with Crippen LogP contribution in [0.15, 0.2) is 72.8 Å². The lowest BCUT2D eigenvalue weighted by Crippen LogP contribution is -2.48. The van der Waals surface area contributed by atoms with Gasteiger partial charge in [0.15, 0.2) is 0 Å². The summed E-state index contributed by atoms with van der Waals surface area (Å²) in [5.74, 6) is -0.114. The van der Waals surface area contributed by atoms with Crippen LogP contribution in [0.2, 0.25) is 5.02 Å². The highest BCUT2D eigenvalue weighted by atomic mass is 35.5. The molecule has 5 nitrogen and oxygen atoms in total. The molecule has 0 aromatic heterocycles. The van der Waals surface area contributed by atoms with Crippen LogP contribution in [-0.4, -0.2) is 42.9 Å². The highest BCUT2D eigenvalue weighted by Gasteiger charge is 2.22. The second-order valence-corrected chi connectivity index (χ2v) is 8.02. The minimum Gasteiger partial charge on any atom is -0.368 e. The number of piperazine rings is 1. The van der Waals surface area contributed by atoms with Gasteiger partial charge in [-0.1, -0.05) is 35.9 Å². The van der Waals surface area contributed by atoms with Gasteiger partial charge in [-0.05, 0) is 61.0 Å². The zero-order valence-corrected chi connectivity index (χ0v) is 18.1. The van der Waals surface area contributed by atoms with E-state index in [0.717, 1.165) is 35.6 Å². The monoisotopic (exact) mass is 433 g/mol. The molecule has 1 heterocycles. The molecule has 1 N–H and O–H groups in total. The molecule has 1 fully saturated rings. The largest absolute Gasteiger partial charge is 0.368 e. The van der Waals surface area contributed by atoms with Crippen molar-refractivity contribution in [1.29, 1.82) is 0 Å². The van der Waals surface area contributed by atoms with Gasteiger partial charge >= 0.3 is 0 Å². The summed E-state index contributed by atoms with van der Waals surface area (Å²) in [5, 5.41) is 3.48. The van der Waals surface area contributed by atoms with E-state index in [2.05, 4.69) is 10.2 Å². The fraction of sp³-hybridized carbons (Fsp3) is 0.200. The van der Waals surface area contributed by atoms with E-state index in [0.29, 0.717) is 23.7 Å². The Morgan fingerprint density at radius 1 is 0.839 bits per heavy atom. The third-order valence-electron chi connectivity index (χ3n) is 5.51. The molecule has 0 atom stereocenters. The maximum Gasteiger partial charge on any atom is 0.255 e. The average molecular weight is 434 g/mol. The highest BCUT2D eigenvalue weighted by Crippen LogP contribution is 2.22. The Hall–Kier alpha value is -3.31. The molecule has 4 rings (SSSR count). The number of hydrogen-bond acceptors (Lipinski definition) is 3. The molecule has 0 spiro atoms. The second kappa shape index (κ2) is 9.23. The minimum absolute atomic E-state index is 0.0783. The summed E-state index contributed by atoms with van der Waals surface area (Å²) >= 11 is 6.12. The van der Waals surface area contributed by atoms with Gasteiger partial charge in [-0.15, -0.1) is 0 Å². The van der Waals surface area contributed by atoms with Gasteiger partial charge in [0.05, 0.1) is 0 Å². The Kier molecular flexibility index (Phi) is 6.23. The number of anilines is 2. The molecular weight excluding hydrogens is 410 g/mol. The first-order valence-corrected chi connectivity index (χ1v) is 10.7. The van der Waals surface area contributed by atoms with Gasteiger partial charge in [0, 0.05) is 53.7 Å². The Bertz CT molecular complexity index is 1080. The van der Waals surface area contributed by atoms with Gasteiger partial charge in [0.2, 0.25) is 0 Å². The molecule has 1 aliphatic heterocycles. The molecular formula is C25H24ClN3O2. The van der Waals surface area contributed by atoms with Crippen molar-refractivity contribution in [2.75, 3.05) is 36.4 Å². The molecule has 0 bridgehead atoms. The molecule has 6 heteroatoms. The van der Waals surface area contributed by atoms with Crippen molar-refractivity contribution in [2.45, 2.75) is 6.92 Å². The maximum absolute atomic E-state index is 12.6. The number of rotatable bonds is 4. The smallest absolute Gasteiger partial charge is 0.255 e. The molecule has 0 radical (unpaired) electrons. The Morgan fingerprint density at radius 3 is 2.16 bits per heavy atom. The summed E-state index contributed by atoms with van der Waals surface area (Å²) in [6.07, 6.45) is 0. The van der Waals surface area contributed by atoms with E-state index in [4.69, 9.17) is 11.6 Å². The molecule has 0 aliphatic carbocycles. The zero-order chi connectivity index (χ0) is 21.8.